The Morgan fingerprint density at radius 3 is 2.52 bits per heavy atom. The third-order valence-corrected chi connectivity index (χ3v) is 5.65. The molecule has 5 nitrogen and oxygen atoms in total. The molecule has 0 bridgehead atoms. The van der Waals surface area contributed by atoms with Gasteiger partial charge in [-0.1, -0.05) is 56.9 Å². The van der Waals surface area contributed by atoms with Crippen molar-refractivity contribution in [1.82, 2.24) is 0 Å². The molecular weight excluding hydrogens is 337 g/mol. The molecule has 0 spiro atoms. The summed E-state index contributed by atoms with van der Waals surface area (Å²) in [6.07, 6.45) is 9.95. The van der Waals surface area contributed by atoms with Gasteiger partial charge in [-0.15, -0.1) is 0 Å². The number of unbranched alkanes of at least 4 members (excludes halogenated alkanes) is 4. The van der Waals surface area contributed by atoms with Gasteiger partial charge in [0.05, 0.1) is 6.61 Å². The maximum atomic E-state index is 10.9. The Kier molecular flexibility index (Phi) is 7.66. The summed E-state index contributed by atoms with van der Waals surface area (Å²) in [7, 11) is -4.46. The van der Waals surface area contributed by atoms with Gasteiger partial charge in [0.25, 0.3) is 0 Å². The van der Waals surface area contributed by atoms with Gasteiger partial charge in [-0.2, -0.15) is 0 Å². The number of aryl methyl sites for hydroxylation is 1. The monoisotopic (exact) mass is 369 g/mol. The molecule has 1 aliphatic carbocycles. The summed E-state index contributed by atoms with van der Waals surface area (Å²) in [5.41, 5.74) is 8.25. The molecule has 1 aliphatic rings. The van der Waals surface area contributed by atoms with Gasteiger partial charge in [0.15, 0.2) is 0 Å². The van der Waals surface area contributed by atoms with E-state index in [1.54, 1.807) is 0 Å². The minimum atomic E-state index is -4.46. The van der Waals surface area contributed by atoms with Crippen LogP contribution in [0.2, 0.25) is 0 Å². The first-order valence-electron chi connectivity index (χ1n) is 9.39. The van der Waals surface area contributed by atoms with Crippen LogP contribution in [0.4, 0.5) is 0 Å². The van der Waals surface area contributed by atoms with Crippen molar-refractivity contribution >= 4 is 7.82 Å². The number of benzene rings is 1. The normalized spacial score (nSPS) is 23.9. The highest BCUT2D eigenvalue weighted by atomic mass is 31.2. The predicted molar refractivity (Wildman–Crippen MR) is 100 cm³/mol. The fraction of sp³-hybridized carbons (Fsp3) is 0.684. The lowest BCUT2D eigenvalue weighted by Crippen LogP contribution is -2.41. The molecule has 0 aliphatic heterocycles. The second-order valence-electron chi connectivity index (χ2n) is 7.47. The molecule has 25 heavy (non-hydrogen) atoms. The first-order valence-corrected chi connectivity index (χ1v) is 10.9. The van der Waals surface area contributed by atoms with Crippen LogP contribution in [0.5, 0.6) is 0 Å². The summed E-state index contributed by atoms with van der Waals surface area (Å²) in [6.45, 7) is 2.14. The summed E-state index contributed by atoms with van der Waals surface area (Å²) >= 11 is 0. The molecule has 1 aromatic rings. The maximum Gasteiger partial charge on any atom is 0.469 e. The van der Waals surface area contributed by atoms with Crippen LogP contribution in [0, 0.1) is 0 Å². The van der Waals surface area contributed by atoms with Gasteiger partial charge in [-0.3, -0.25) is 4.52 Å². The molecule has 0 radical (unpaired) electrons. The van der Waals surface area contributed by atoms with Crippen LogP contribution in [-0.4, -0.2) is 21.9 Å². The lowest BCUT2D eigenvalue weighted by molar-refractivity contribution is 0.153. The first kappa shape index (κ1) is 20.6. The highest BCUT2D eigenvalue weighted by Crippen LogP contribution is 2.43. The molecule has 142 valence electrons. The summed E-state index contributed by atoms with van der Waals surface area (Å²) < 4.78 is 15.5. The Bertz CT molecular complexity index is 571. The lowest BCUT2D eigenvalue weighted by Gasteiger charge is -2.24. The molecule has 0 unspecified atom stereocenters. The van der Waals surface area contributed by atoms with Crippen molar-refractivity contribution in [2.75, 3.05) is 6.61 Å². The van der Waals surface area contributed by atoms with E-state index >= 15 is 0 Å². The fourth-order valence-corrected chi connectivity index (χ4v) is 4.10. The third-order valence-electron chi connectivity index (χ3n) is 5.18. The van der Waals surface area contributed by atoms with E-state index < -0.39 is 13.4 Å². The van der Waals surface area contributed by atoms with Crippen molar-refractivity contribution in [3.63, 3.8) is 0 Å². The Labute approximate surface area is 151 Å². The molecule has 1 aromatic carbocycles. The second-order valence-corrected chi connectivity index (χ2v) is 8.71. The number of phosphoric ester groups is 1. The second kappa shape index (κ2) is 9.29. The Hall–Kier alpha value is -0.710. The molecule has 4 N–H and O–H groups in total. The number of hydrogen-bond acceptors (Lipinski definition) is 3. The molecule has 0 aromatic heterocycles. The van der Waals surface area contributed by atoms with Crippen molar-refractivity contribution in [3.8, 4) is 0 Å². The first-order chi connectivity index (χ1) is 11.8. The van der Waals surface area contributed by atoms with Crippen molar-refractivity contribution in [2.24, 2.45) is 5.73 Å². The fourth-order valence-electron chi connectivity index (χ4n) is 3.67. The average molecular weight is 369 g/mol. The van der Waals surface area contributed by atoms with Gasteiger partial charge in [0.2, 0.25) is 0 Å². The van der Waals surface area contributed by atoms with Crippen molar-refractivity contribution in [2.45, 2.75) is 76.2 Å². The van der Waals surface area contributed by atoms with E-state index in [0.717, 1.165) is 19.3 Å². The van der Waals surface area contributed by atoms with E-state index in [-0.39, 0.29) is 6.61 Å². The van der Waals surface area contributed by atoms with Crippen LogP contribution >= 0.6 is 7.82 Å². The zero-order chi connectivity index (χ0) is 18.3. The summed E-state index contributed by atoms with van der Waals surface area (Å²) in [4.78, 5) is 17.7. The standard InChI is InChI=1S/C19H32NO4P/c1-2-3-4-5-6-7-16-8-10-17(11-9-16)18-12-13-19(20,14-18)15-24-25(21,22)23/h8-11,18H,2-7,12-15,20H2,1H3,(H2,21,22,23)/t18-,19+/m1/s1. The molecular formula is C19H32NO4P. The zero-order valence-corrected chi connectivity index (χ0v) is 16.1. The van der Waals surface area contributed by atoms with E-state index in [4.69, 9.17) is 15.5 Å². The number of hydrogen-bond donors (Lipinski definition) is 3. The highest BCUT2D eigenvalue weighted by Gasteiger charge is 2.38. The largest absolute Gasteiger partial charge is 0.469 e. The van der Waals surface area contributed by atoms with E-state index in [9.17, 15) is 4.57 Å². The van der Waals surface area contributed by atoms with Crippen molar-refractivity contribution in [3.05, 3.63) is 35.4 Å². The number of phosphoric acid groups is 1. The Balaban J connectivity index is 1.81. The van der Waals surface area contributed by atoms with Crippen LogP contribution in [0.15, 0.2) is 24.3 Å². The van der Waals surface area contributed by atoms with Crippen LogP contribution < -0.4 is 5.73 Å². The molecule has 0 heterocycles. The van der Waals surface area contributed by atoms with Gasteiger partial charge < -0.3 is 15.5 Å². The van der Waals surface area contributed by atoms with E-state index in [2.05, 4.69) is 35.7 Å². The van der Waals surface area contributed by atoms with Crippen LogP contribution in [0.25, 0.3) is 0 Å². The Morgan fingerprint density at radius 2 is 1.88 bits per heavy atom. The van der Waals surface area contributed by atoms with Crippen LogP contribution in [0.3, 0.4) is 0 Å². The quantitative estimate of drug-likeness (QED) is 0.423. The molecule has 0 saturated heterocycles. The van der Waals surface area contributed by atoms with Crippen molar-refractivity contribution < 1.29 is 18.9 Å². The smallest absolute Gasteiger partial charge is 0.323 e. The van der Waals surface area contributed by atoms with Gasteiger partial charge in [-0.25, -0.2) is 4.57 Å². The Morgan fingerprint density at radius 1 is 1.20 bits per heavy atom. The van der Waals surface area contributed by atoms with E-state index in [1.165, 1.54) is 43.2 Å². The molecule has 6 heteroatoms. The summed E-state index contributed by atoms with van der Waals surface area (Å²) in [5.74, 6) is 0.337. The maximum absolute atomic E-state index is 10.9. The van der Waals surface area contributed by atoms with Gasteiger partial charge in [0.1, 0.15) is 0 Å². The SMILES string of the molecule is CCCCCCCc1ccc([C@@H]2CC[C@@](N)(COP(=O)(O)O)C2)cc1. The minimum absolute atomic E-state index is 0.0936. The number of rotatable bonds is 10. The predicted octanol–water partition coefficient (Wildman–Crippen LogP) is 4.27. The van der Waals surface area contributed by atoms with Gasteiger partial charge >= 0.3 is 7.82 Å². The zero-order valence-electron chi connectivity index (χ0n) is 15.2. The van der Waals surface area contributed by atoms with Gasteiger partial charge in [-0.05, 0) is 49.1 Å². The lowest BCUT2D eigenvalue weighted by atomic mass is 9.92. The van der Waals surface area contributed by atoms with Crippen molar-refractivity contribution in [1.29, 1.82) is 0 Å². The third kappa shape index (κ3) is 7.20. The molecule has 0 amide bonds. The summed E-state index contributed by atoms with van der Waals surface area (Å²) in [6, 6.07) is 8.78. The molecule has 2 rings (SSSR count). The number of nitrogens with two attached hydrogens (primary N) is 1. The average Bonchev–Trinajstić information content (AvgIpc) is 2.96. The van der Waals surface area contributed by atoms with E-state index in [1.807, 2.05) is 0 Å². The van der Waals surface area contributed by atoms with Crippen LogP contribution in [-0.2, 0) is 15.5 Å². The van der Waals surface area contributed by atoms with Crippen LogP contribution in [0.1, 0.15) is 75.3 Å². The molecule has 2 atom stereocenters. The highest BCUT2D eigenvalue weighted by molar-refractivity contribution is 7.46. The van der Waals surface area contributed by atoms with Gasteiger partial charge in [0, 0.05) is 5.54 Å². The van der Waals surface area contributed by atoms with E-state index in [0.29, 0.717) is 12.3 Å². The topological polar surface area (TPSA) is 92.8 Å². The molecule has 1 fully saturated rings. The molecule has 1 saturated carbocycles. The summed E-state index contributed by atoms with van der Waals surface area (Å²) in [5, 5.41) is 0. The minimum Gasteiger partial charge on any atom is -0.323 e.